The fourth-order valence-corrected chi connectivity index (χ4v) is 2.88. The number of rotatable bonds is 5. The van der Waals surface area contributed by atoms with Crippen molar-refractivity contribution >= 4 is 27.5 Å². The third-order valence-electron chi connectivity index (χ3n) is 3.74. The van der Waals surface area contributed by atoms with Crippen LogP contribution in [-0.4, -0.2) is 25.8 Å². The maximum Gasteiger partial charge on any atom is 0.274 e. The molecule has 0 unspecified atom stereocenters. The van der Waals surface area contributed by atoms with Gasteiger partial charge in [0.25, 0.3) is 11.6 Å². The van der Waals surface area contributed by atoms with Crippen LogP contribution in [0.3, 0.4) is 0 Å². The number of benzene rings is 2. The van der Waals surface area contributed by atoms with E-state index in [0.717, 1.165) is 10.0 Å². The van der Waals surface area contributed by atoms with Crippen molar-refractivity contribution in [3.05, 3.63) is 80.1 Å². The lowest BCUT2D eigenvalue weighted by atomic mass is 10.2. The van der Waals surface area contributed by atoms with Gasteiger partial charge in [-0.3, -0.25) is 14.9 Å². The number of hydrogen-bond donors (Lipinski definition) is 1. The minimum Gasteiger partial charge on any atom is -0.347 e. The maximum atomic E-state index is 12.4. The van der Waals surface area contributed by atoms with Crippen LogP contribution in [0.5, 0.6) is 0 Å². The summed E-state index contributed by atoms with van der Waals surface area (Å²) in [5.74, 6) is -0.362. The van der Waals surface area contributed by atoms with Gasteiger partial charge in [-0.25, -0.2) is 4.68 Å². The van der Waals surface area contributed by atoms with Crippen molar-refractivity contribution < 1.29 is 9.72 Å². The standard InChI is InChI=1S/C17H14BrN5O3/c1-11-16(17(24)19-10-12-4-2-5-13(18)8-12)20-21-22(11)14-6-3-7-15(9-14)23(25)26/h2-9H,10H2,1H3,(H,19,24). The highest BCUT2D eigenvalue weighted by atomic mass is 79.9. The zero-order valence-electron chi connectivity index (χ0n) is 13.7. The third kappa shape index (κ3) is 3.77. The lowest BCUT2D eigenvalue weighted by Crippen LogP contribution is -2.24. The second kappa shape index (κ2) is 7.44. The SMILES string of the molecule is Cc1c(C(=O)NCc2cccc(Br)c2)nnn1-c1cccc([N+](=O)[O-])c1. The van der Waals surface area contributed by atoms with Gasteiger partial charge in [0.1, 0.15) is 0 Å². The number of non-ortho nitro benzene ring substituents is 1. The van der Waals surface area contributed by atoms with Crippen LogP contribution >= 0.6 is 15.9 Å². The molecule has 0 saturated heterocycles. The van der Waals surface area contributed by atoms with E-state index in [4.69, 9.17) is 0 Å². The number of nitro benzene ring substituents is 1. The molecule has 0 spiro atoms. The molecular weight excluding hydrogens is 402 g/mol. The predicted octanol–water partition coefficient (Wildman–Crippen LogP) is 3.18. The van der Waals surface area contributed by atoms with Gasteiger partial charge >= 0.3 is 0 Å². The molecule has 0 aliphatic rings. The summed E-state index contributed by atoms with van der Waals surface area (Å²) < 4.78 is 2.33. The molecule has 0 aliphatic heterocycles. The van der Waals surface area contributed by atoms with Gasteiger partial charge in [0, 0.05) is 23.2 Å². The summed E-state index contributed by atoms with van der Waals surface area (Å²) >= 11 is 3.38. The normalized spacial score (nSPS) is 10.5. The number of nitro groups is 1. The Morgan fingerprint density at radius 2 is 2.04 bits per heavy atom. The summed E-state index contributed by atoms with van der Waals surface area (Å²) in [5, 5.41) is 21.6. The molecule has 3 aromatic rings. The van der Waals surface area contributed by atoms with Crippen LogP contribution in [0.1, 0.15) is 21.7 Å². The first-order chi connectivity index (χ1) is 12.5. The topological polar surface area (TPSA) is 103 Å². The van der Waals surface area contributed by atoms with Crippen LogP contribution in [0.25, 0.3) is 5.69 Å². The maximum absolute atomic E-state index is 12.4. The van der Waals surface area contributed by atoms with E-state index in [2.05, 4.69) is 31.6 Å². The lowest BCUT2D eigenvalue weighted by Gasteiger charge is -2.06. The number of halogens is 1. The van der Waals surface area contributed by atoms with E-state index in [1.165, 1.54) is 16.8 Å². The molecule has 9 heteroatoms. The van der Waals surface area contributed by atoms with Crippen LogP contribution < -0.4 is 5.32 Å². The van der Waals surface area contributed by atoms with Gasteiger partial charge in [0.2, 0.25) is 0 Å². The summed E-state index contributed by atoms with van der Waals surface area (Å²) in [6.45, 7) is 2.04. The van der Waals surface area contributed by atoms with Gasteiger partial charge < -0.3 is 5.32 Å². The smallest absolute Gasteiger partial charge is 0.274 e. The van der Waals surface area contributed by atoms with Crippen LogP contribution in [0.4, 0.5) is 5.69 Å². The second-order valence-corrected chi connectivity index (χ2v) is 6.44. The summed E-state index contributed by atoms with van der Waals surface area (Å²) in [7, 11) is 0. The predicted molar refractivity (Wildman–Crippen MR) is 98.1 cm³/mol. The number of nitrogens with one attached hydrogen (secondary N) is 1. The van der Waals surface area contributed by atoms with Gasteiger partial charge in [-0.2, -0.15) is 0 Å². The molecule has 3 rings (SSSR count). The van der Waals surface area contributed by atoms with Crippen LogP contribution in [0, 0.1) is 17.0 Å². The summed E-state index contributed by atoms with van der Waals surface area (Å²) in [5.41, 5.74) is 2.02. The van der Waals surface area contributed by atoms with Crippen molar-refractivity contribution in [2.24, 2.45) is 0 Å². The van der Waals surface area contributed by atoms with E-state index < -0.39 is 4.92 Å². The highest BCUT2D eigenvalue weighted by Crippen LogP contribution is 2.18. The quantitative estimate of drug-likeness (QED) is 0.508. The zero-order valence-corrected chi connectivity index (χ0v) is 15.3. The first-order valence-corrected chi connectivity index (χ1v) is 8.45. The van der Waals surface area contributed by atoms with Gasteiger partial charge in [-0.05, 0) is 30.7 Å². The van der Waals surface area contributed by atoms with Crippen molar-refractivity contribution in [1.82, 2.24) is 20.3 Å². The van der Waals surface area contributed by atoms with Gasteiger partial charge in [0.05, 0.1) is 16.3 Å². The van der Waals surface area contributed by atoms with Crippen molar-refractivity contribution in [2.75, 3.05) is 0 Å². The van der Waals surface area contributed by atoms with Gasteiger partial charge in [-0.15, -0.1) is 5.10 Å². The van der Waals surface area contributed by atoms with E-state index >= 15 is 0 Å². The molecule has 26 heavy (non-hydrogen) atoms. The summed E-state index contributed by atoms with van der Waals surface area (Å²) in [4.78, 5) is 22.8. The first kappa shape index (κ1) is 17.7. The van der Waals surface area contributed by atoms with Crippen molar-refractivity contribution in [1.29, 1.82) is 0 Å². The molecule has 1 amide bonds. The largest absolute Gasteiger partial charge is 0.347 e. The van der Waals surface area contributed by atoms with Crippen LogP contribution in [-0.2, 0) is 6.54 Å². The molecule has 2 aromatic carbocycles. The Labute approximate surface area is 157 Å². The third-order valence-corrected chi connectivity index (χ3v) is 4.23. The fraction of sp³-hybridized carbons (Fsp3) is 0.118. The number of hydrogen-bond acceptors (Lipinski definition) is 5. The Bertz CT molecular complexity index is 986. The molecular formula is C17H14BrN5O3. The van der Waals surface area contributed by atoms with Crippen LogP contribution in [0.15, 0.2) is 53.0 Å². The number of aromatic nitrogens is 3. The molecule has 8 nitrogen and oxygen atoms in total. The number of nitrogens with zero attached hydrogens (tertiary/aromatic N) is 4. The second-order valence-electron chi connectivity index (χ2n) is 5.52. The Hall–Kier alpha value is -3.07. The van der Waals surface area contributed by atoms with Gasteiger partial charge in [0.15, 0.2) is 5.69 Å². The Morgan fingerprint density at radius 1 is 1.27 bits per heavy atom. The number of amides is 1. The van der Waals surface area contributed by atoms with Gasteiger partial charge in [-0.1, -0.05) is 39.3 Å². The van der Waals surface area contributed by atoms with Crippen molar-refractivity contribution in [3.63, 3.8) is 0 Å². The van der Waals surface area contributed by atoms with E-state index in [0.29, 0.717) is 17.9 Å². The molecule has 1 aromatic heterocycles. The lowest BCUT2D eigenvalue weighted by molar-refractivity contribution is -0.384. The van der Waals surface area contributed by atoms with Crippen molar-refractivity contribution in [2.45, 2.75) is 13.5 Å². The average Bonchev–Trinajstić information content (AvgIpc) is 3.01. The fourth-order valence-electron chi connectivity index (χ4n) is 2.44. The highest BCUT2D eigenvalue weighted by molar-refractivity contribution is 9.10. The minimum absolute atomic E-state index is 0.0574. The molecule has 0 atom stereocenters. The van der Waals surface area contributed by atoms with E-state index in [1.54, 1.807) is 19.1 Å². The summed E-state index contributed by atoms with van der Waals surface area (Å²) in [6, 6.07) is 13.6. The molecule has 0 saturated carbocycles. The molecule has 0 radical (unpaired) electrons. The van der Waals surface area contributed by atoms with Crippen molar-refractivity contribution in [3.8, 4) is 5.69 Å². The van der Waals surface area contributed by atoms with E-state index in [9.17, 15) is 14.9 Å². The molecule has 1 N–H and O–H groups in total. The molecule has 0 aliphatic carbocycles. The number of carbonyl (C=O) groups excluding carboxylic acids is 1. The first-order valence-electron chi connectivity index (χ1n) is 7.65. The minimum atomic E-state index is -0.485. The highest BCUT2D eigenvalue weighted by Gasteiger charge is 2.18. The molecule has 0 bridgehead atoms. The average molecular weight is 416 g/mol. The molecule has 1 heterocycles. The number of carbonyl (C=O) groups is 1. The monoisotopic (exact) mass is 415 g/mol. The van der Waals surface area contributed by atoms with E-state index in [-0.39, 0.29) is 17.3 Å². The Balaban J connectivity index is 1.79. The Kier molecular flexibility index (Phi) is 5.08. The zero-order chi connectivity index (χ0) is 18.7. The summed E-state index contributed by atoms with van der Waals surface area (Å²) in [6.07, 6.45) is 0. The molecule has 132 valence electrons. The Morgan fingerprint density at radius 3 is 2.77 bits per heavy atom. The molecule has 0 fully saturated rings. The van der Waals surface area contributed by atoms with E-state index in [1.807, 2.05) is 24.3 Å². The van der Waals surface area contributed by atoms with Crippen LogP contribution in [0.2, 0.25) is 0 Å².